The molecule has 0 radical (unpaired) electrons. The minimum atomic E-state index is -0.523. The Hall–Kier alpha value is -2.60. The van der Waals surface area contributed by atoms with Gasteiger partial charge in [-0.1, -0.05) is 17.7 Å². The first kappa shape index (κ1) is 16.8. The van der Waals surface area contributed by atoms with Crippen molar-refractivity contribution in [1.82, 2.24) is 0 Å². The van der Waals surface area contributed by atoms with Crippen molar-refractivity contribution < 1.29 is 23.5 Å². The lowest BCUT2D eigenvalue weighted by atomic mass is 10.2. The van der Waals surface area contributed by atoms with Crippen molar-refractivity contribution >= 4 is 29.2 Å². The summed E-state index contributed by atoms with van der Waals surface area (Å²) in [5, 5.41) is 2.63. The number of anilines is 1. The van der Waals surface area contributed by atoms with E-state index < -0.39 is 17.7 Å². The van der Waals surface area contributed by atoms with E-state index in [0.717, 1.165) is 12.1 Å². The molecule has 0 aromatic heterocycles. The lowest BCUT2D eigenvalue weighted by Crippen LogP contribution is -2.14. The predicted octanol–water partition coefficient (Wildman–Crippen LogP) is 3.28. The van der Waals surface area contributed by atoms with E-state index >= 15 is 0 Å². The van der Waals surface area contributed by atoms with Gasteiger partial charge in [0.15, 0.2) is 6.61 Å². The second kappa shape index (κ2) is 7.60. The molecule has 1 amide bonds. The average Bonchev–Trinajstić information content (AvgIpc) is 2.52. The van der Waals surface area contributed by atoms with Crippen molar-refractivity contribution in [2.75, 3.05) is 19.0 Å². The Morgan fingerprint density at radius 1 is 1.22 bits per heavy atom. The van der Waals surface area contributed by atoms with Gasteiger partial charge in [0, 0.05) is 11.8 Å². The maximum atomic E-state index is 13.0. The average molecular weight is 338 g/mol. The van der Waals surface area contributed by atoms with Crippen LogP contribution < -0.4 is 10.1 Å². The molecule has 0 atom stereocenters. The summed E-state index contributed by atoms with van der Waals surface area (Å²) in [6, 6.07) is 9.96. The Morgan fingerprint density at radius 3 is 2.70 bits per heavy atom. The number of halogens is 2. The molecule has 0 heterocycles. The van der Waals surface area contributed by atoms with Crippen LogP contribution >= 0.6 is 11.6 Å². The number of nitrogens with one attached hydrogen (secondary N) is 1. The predicted molar refractivity (Wildman–Crippen MR) is 83.3 cm³/mol. The molecule has 23 heavy (non-hydrogen) atoms. The number of esters is 1. The highest BCUT2D eigenvalue weighted by molar-refractivity contribution is 6.34. The number of carbonyl (C=O) groups is 2. The van der Waals surface area contributed by atoms with Gasteiger partial charge in [0.25, 0.3) is 5.91 Å². The number of carbonyl (C=O) groups excluding carboxylic acids is 2. The van der Waals surface area contributed by atoms with Crippen LogP contribution in [0.2, 0.25) is 5.02 Å². The van der Waals surface area contributed by atoms with Crippen molar-refractivity contribution in [3.63, 3.8) is 0 Å². The summed E-state index contributed by atoms with van der Waals surface area (Å²) in [5.41, 5.74) is 0.590. The van der Waals surface area contributed by atoms with Crippen molar-refractivity contribution in [1.29, 1.82) is 0 Å². The van der Waals surface area contributed by atoms with E-state index in [1.807, 2.05) is 0 Å². The second-order valence-electron chi connectivity index (χ2n) is 4.47. The minimum absolute atomic E-state index is 0.0144. The summed E-state index contributed by atoms with van der Waals surface area (Å²) in [6.45, 7) is -0.238. The van der Waals surface area contributed by atoms with Gasteiger partial charge in [0.2, 0.25) is 0 Å². The first-order valence-corrected chi connectivity index (χ1v) is 6.93. The molecule has 5 nitrogen and oxygen atoms in total. The first-order valence-electron chi connectivity index (χ1n) is 6.55. The van der Waals surface area contributed by atoms with Crippen molar-refractivity contribution in [3.8, 4) is 5.75 Å². The maximum absolute atomic E-state index is 13.0. The van der Waals surface area contributed by atoms with E-state index in [4.69, 9.17) is 16.3 Å². The number of hydrogen-bond donors (Lipinski definition) is 1. The summed E-state index contributed by atoms with van der Waals surface area (Å²) < 4.78 is 22.7. The van der Waals surface area contributed by atoms with Crippen LogP contribution in [-0.4, -0.2) is 25.6 Å². The van der Waals surface area contributed by atoms with E-state index in [0.29, 0.717) is 11.4 Å². The van der Waals surface area contributed by atoms with Gasteiger partial charge in [-0.3, -0.25) is 4.79 Å². The summed E-state index contributed by atoms with van der Waals surface area (Å²) in [7, 11) is 1.26. The van der Waals surface area contributed by atoms with Crippen LogP contribution in [0.15, 0.2) is 42.5 Å². The molecule has 0 bridgehead atoms. The van der Waals surface area contributed by atoms with Crippen LogP contribution in [-0.2, 0) is 9.53 Å². The number of benzene rings is 2. The van der Waals surface area contributed by atoms with Gasteiger partial charge in [-0.2, -0.15) is 0 Å². The third-order valence-electron chi connectivity index (χ3n) is 2.85. The number of ether oxygens (including phenoxy) is 2. The molecule has 0 saturated carbocycles. The van der Waals surface area contributed by atoms with Crippen LogP contribution in [0.1, 0.15) is 10.4 Å². The van der Waals surface area contributed by atoms with Gasteiger partial charge in [-0.25, -0.2) is 9.18 Å². The molecule has 0 saturated heterocycles. The van der Waals surface area contributed by atoms with Gasteiger partial charge < -0.3 is 14.8 Å². The Bertz CT molecular complexity index is 736. The molecule has 2 aromatic rings. The fourth-order valence-corrected chi connectivity index (χ4v) is 1.99. The number of hydrogen-bond acceptors (Lipinski definition) is 4. The number of amides is 1. The van der Waals surface area contributed by atoms with E-state index in [-0.39, 0.29) is 17.2 Å². The third kappa shape index (κ3) is 4.69. The molecule has 0 aliphatic carbocycles. The molecule has 0 spiro atoms. The summed E-state index contributed by atoms with van der Waals surface area (Å²) in [4.78, 5) is 23.2. The Morgan fingerprint density at radius 2 is 2.00 bits per heavy atom. The molecule has 0 unspecified atom stereocenters. The highest BCUT2D eigenvalue weighted by atomic mass is 35.5. The second-order valence-corrected chi connectivity index (χ2v) is 4.88. The van der Waals surface area contributed by atoms with Crippen molar-refractivity contribution in [3.05, 3.63) is 58.9 Å². The Labute approximate surface area is 137 Å². The SMILES string of the molecule is COC(=O)COc1cccc(NC(=O)c2ccc(F)cc2Cl)c1. The first-order chi connectivity index (χ1) is 11.0. The molecule has 7 heteroatoms. The van der Waals surface area contributed by atoms with Gasteiger partial charge in [0.1, 0.15) is 11.6 Å². The van der Waals surface area contributed by atoms with Crippen LogP contribution in [0.3, 0.4) is 0 Å². The quantitative estimate of drug-likeness (QED) is 0.850. The van der Waals surface area contributed by atoms with Crippen molar-refractivity contribution in [2.45, 2.75) is 0 Å². The van der Waals surface area contributed by atoms with Crippen LogP contribution in [0.25, 0.3) is 0 Å². The third-order valence-corrected chi connectivity index (χ3v) is 3.16. The van der Waals surface area contributed by atoms with Crippen LogP contribution in [0, 0.1) is 5.82 Å². The molecule has 0 aliphatic rings. The van der Waals surface area contributed by atoms with E-state index in [1.54, 1.807) is 18.2 Å². The normalized spacial score (nSPS) is 10.0. The zero-order valence-corrected chi connectivity index (χ0v) is 12.9. The minimum Gasteiger partial charge on any atom is -0.482 e. The fourth-order valence-electron chi connectivity index (χ4n) is 1.74. The van der Waals surface area contributed by atoms with Gasteiger partial charge in [0.05, 0.1) is 17.7 Å². The highest BCUT2D eigenvalue weighted by Crippen LogP contribution is 2.21. The van der Waals surface area contributed by atoms with E-state index in [2.05, 4.69) is 10.1 Å². The number of methoxy groups -OCH3 is 1. The lowest BCUT2D eigenvalue weighted by molar-refractivity contribution is -0.142. The number of rotatable bonds is 5. The summed E-state index contributed by atoms with van der Waals surface area (Å²) in [5.74, 6) is -1.14. The summed E-state index contributed by atoms with van der Waals surface area (Å²) in [6.07, 6.45) is 0. The molecule has 0 fully saturated rings. The zero-order valence-electron chi connectivity index (χ0n) is 12.1. The monoisotopic (exact) mass is 337 g/mol. The zero-order chi connectivity index (χ0) is 16.8. The molecule has 2 rings (SSSR count). The molecule has 0 aliphatic heterocycles. The topological polar surface area (TPSA) is 64.6 Å². The molecule has 2 aromatic carbocycles. The van der Waals surface area contributed by atoms with E-state index in [9.17, 15) is 14.0 Å². The van der Waals surface area contributed by atoms with Crippen molar-refractivity contribution in [2.24, 2.45) is 0 Å². The van der Waals surface area contributed by atoms with Gasteiger partial charge >= 0.3 is 5.97 Å². The smallest absolute Gasteiger partial charge is 0.343 e. The van der Waals surface area contributed by atoms with E-state index in [1.165, 1.54) is 19.2 Å². The summed E-state index contributed by atoms with van der Waals surface area (Å²) >= 11 is 5.85. The molecular formula is C16H13ClFNO4. The Kier molecular flexibility index (Phi) is 5.54. The highest BCUT2D eigenvalue weighted by Gasteiger charge is 2.12. The van der Waals surface area contributed by atoms with Crippen LogP contribution in [0.4, 0.5) is 10.1 Å². The van der Waals surface area contributed by atoms with Gasteiger partial charge in [-0.15, -0.1) is 0 Å². The lowest BCUT2D eigenvalue weighted by Gasteiger charge is -2.09. The fraction of sp³-hybridized carbons (Fsp3) is 0.125. The van der Waals surface area contributed by atoms with Gasteiger partial charge in [-0.05, 0) is 30.3 Å². The largest absolute Gasteiger partial charge is 0.482 e. The molecule has 120 valence electrons. The molecule has 1 N–H and O–H groups in total. The molecular weight excluding hydrogens is 325 g/mol. The maximum Gasteiger partial charge on any atom is 0.343 e. The standard InChI is InChI=1S/C16H13ClFNO4/c1-22-15(20)9-23-12-4-2-3-11(8-12)19-16(21)13-6-5-10(18)7-14(13)17/h2-8H,9H2,1H3,(H,19,21). The van der Waals surface area contributed by atoms with Crippen LogP contribution in [0.5, 0.6) is 5.75 Å². The Balaban J connectivity index is 2.07.